The summed E-state index contributed by atoms with van der Waals surface area (Å²) in [5, 5.41) is 0.893. The minimum atomic E-state index is 0.301. The van der Waals surface area contributed by atoms with Gasteiger partial charge in [0.15, 0.2) is 0 Å². The number of anilines is 1. The quantitative estimate of drug-likeness (QED) is 0.694. The van der Waals surface area contributed by atoms with Crippen molar-refractivity contribution in [1.29, 1.82) is 0 Å². The third-order valence-electron chi connectivity index (χ3n) is 1.98. The molecule has 0 aliphatic heterocycles. The van der Waals surface area contributed by atoms with Crippen molar-refractivity contribution >= 4 is 16.9 Å². The van der Waals surface area contributed by atoms with Crippen LogP contribution in [0, 0.1) is 0 Å². The molecule has 4 heteroatoms. The fourth-order valence-electron chi connectivity index (χ4n) is 1.24. The van der Waals surface area contributed by atoms with Gasteiger partial charge in [0.25, 0.3) is 0 Å². The number of H-pyrrole nitrogens is 1. The third-order valence-corrected chi connectivity index (χ3v) is 1.98. The zero-order chi connectivity index (χ0) is 9.42. The Hall–Kier alpha value is -1.58. The highest BCUT2D eigenvalue weighted by Crippen LogP contribution is 2.19. The van der Waals surface area contributed by atoms with Crippen LogP contribution >= 0.6 is 0 Å². The van der Waals surface area contributed by atoms with Gasteiger partial charge in [0, 0.05) is 12.1 Å². The Morgan fingerprint density at radius 1 is 1.38 bits per heavy atom. The molecule has 0 saturated heterocycles. The Labute approximate surface area is 76.2 Å². The lowest BCUT2D eigenvalue weighted by Gasteiger charge is -2.04. The van der Waals surface area contributed by atoms with E-state index < -0.39 is 0 Å². The average molecular weight is 176 g/mol. The molecule has 0 bridgehead atoms. The second-order valence-electron chi connectivity index (χ2n) is 3.36. The molecule has 0 unspecified atom stereocenters. The first-order chi connectivity index (χ1) is 6.18. The van der Waals surface area contributed by atoms with Crippen LogP contribution in [0.4, 0.5) is 5.82 Å². The topological polar surface area (TPSA) is 67.6 Å². The van der Waals surface area contributed by atoms with Gasteiger partial charge in [-0.05, 0) is 6.07 Å². The molecule has 0 aliphatic rings. The van der Waals surface area contributed by atoms with Gasteiger partial charge in [-0.1, -0.05) is 13.8 Å². The number of hydrogen-bond acceptors (Lipinski definition) is 3. The first kappa shape index (κ1) is 8.04. The lowest BCUT2D eigenvalue weighted by molar-refractivity contribution is 0.784. The summed E-state index contributed by atoms with van der Waals surface area (Å²) in [5.74, 6) is 1.64. The molecule has 2 rings (SSSR count). The number of nitrogen functional groups attached to an aromatic ring is 1. The van der Waals surface area contributed by atoms with E-state index in [9.17, 15) is 0 Å². The van der Waals surface area contributed by atoms with Gasteiger partial charge in [-0.3, -0.25) is 0 Å². The van der Waals surface area contributed by atoms with Crippen molar-refractivity contribution in [3.05, 3.63) is 18.1 Å². The zero-order valence-electron chi connectivity index (χ0n) is 7.70. The van der Waals surface area contributed by atoms with E-state index >= 15 is 0 Å². The fourth-order valence-corrected chi connectivity index (χ4v) is 1.24. The average Bonchev–Trinajstić information content (AvgIpc) is 2.51. The Balaban J connectivity index is 2.70. The van der Waals surface area contributed by atoms with Crippen LogP contribution in [0.15, 0.2) is 12.3 Å². The number of nitrogens with two attached hydrogens (primary N) is 1. The number of fused-ring (bicyclic) bond motifs is 1. The highest BCUT2D eigenvalue weighted by Gasteiger charge is 2.07. The van der Waals surface area contributed by atoms with Gasteiger partial charge in [-0.2, -0.15) is 0 Å². The molecule has 0 saturated carbocycles. The number of aromatic amines is 1. The highest BCUT2D eigenvalue weighted by atomic mass is 15.0. The van der Waals surface area contributed by atoms with E-state index in [0.29, 0.717) is 11.7 Å². The molecule has 68 valence electrons. The number of hydrogen-bond donors (Lipinski definition) is 2. The van der Waals surface area contributed by atoms with E-state index in [2.05, 4.69) is 15.0 Å². The molecule has 2 heterocycles. The number of aromatic nitrogens is 3. The molecule has 0 fully saturated rings. The van der Waals surface area contributed by atoms with E-state index in [1.165, 1.54) is 0 Å². The predicted octanol–water partition coefficient (Wildman–Crippen LogP) is 1.66. The Morgan fingerprint density at radius 3 is 2.85 bits per heavy atom. The standard InChI is InChI=1S/C9H12N4/c1-5(2)8-12-7(10)6-3-4-11-9(6)13-8/h3-5H,1-2H3,(H3,10,11,12,13). The minimum absolute atomic E-state index is 0.301. The van der Waals surface area contributed by atoms with E-state index in [1.807, 2.05) is 26.1 Å². The van der Waals surface area contributed by atoms with Crippen molar-refractivity contribution in [3.8, 4) is 0 Å². The lowest BCUT2D eigenvalue weighted by atomic mass is 10.2. The predicted molar refractivity (Wildman–Crippen MR) is 52.4 cm³/mol. The van der Waals surface area contributed by atoms with Gasteiger partial charge in [-0.25, -0.2) is 9.97 Å². The molecule has 0 atom stereocenters. The van der Waals surface area contributed by atoms with Crippen LogP contribution in [-0.2, 0) is 0 Å². The molecule has 0 amide bonds. The van der Waals surface area contributed by atoms with Crippen molar-refractivity contribution in [2.45, 2.75) is 19.8 Å². The van der Waals surface area contributed by atoms with Crippen molar-refractivity contribution in [2.75, 3.05) is 5.73 Å². The Morgan fingerprint density at radius 2 is 2.15 bits per heavy atom. The van der Waals surface area contributed by atoms with Gasteiger partial charge in [0.05, 0.1) is 5.39 Å². The maximum atomic E-state index is 5.77. The summed E-state index contributed by atoms with van der Waals surface area (Å²) < 4.78 is 0. The second kappa shape index (κ2) is 2.73. The van der Waals surface area contributed by atoms with E-state index in [4.69, 9.17) is 5.73 Å². The van der Waals surface area contributed by atoms with Gasteiger partial charge < -0.3 is 10.7 Å². The van der Waals surface area contributed by atoms with Gasteiger partial charge >= 0.3 is 0 Å². The summed E-state index contributed by atoms with van der Waals surface area (Å²) in [7, 11) is 0. The van der Waals surface area contributed by atoms with Gasteiger partial charge in [0.2, 0.25) is 0 Å². The molecule has 2 aromatic heterocycles. The molecule has 3 N–H and O–H groups in total. The smallest absolute Gasteiger partial charge is 0.143 e. The molecular formula is C9H12N4. The monoisotopic (exact) mass is 176 g/mol. The van der Waals surface area contributed by atoms with Crippen LogP contribution in [0.1, 0.15) is 25.6 Å². The first-order valence-electron chi connectivity index (χ1n) is 4.29. The van der Waals surface area contributed by atoms with Crippen LogP contribution in [-0.4, -0.2) is 15.0 Å². The summed E-state index contributed by atoms with van der Waals surface area (Å²) in [6.07, 6.45) is 1.82. The third kappa shape index (κ3) is 1.24. The first-order valence-corrected chi connectivity index (χ1v) is 4.29. The minimum Gasteiger partial charge on any atom is -0.383 e. The van der Waals surface area contributed by atoms with Crippen molar-refractivity contribution in [1.82, 2.24) is 15.0 Å². The molecule has 13 heavy (non-hydrogen) atoms. The van der Waals surface area contributed by atoms with Gasteiger partial charge in [0.1, 0.15) is 17.3 Å². The zero-order valence-corrected chi connectivity index (χ0v) is 7.70. The molecule has 0 aromatic carbocycles. The summed E-state index contributed by atoms with van der Waals surface area (Å²) in [5.41, 5.74) is 6.58. The second-order valence-corrected chi connectivity index (χ2v) is 3.36. The summed E-state index contributed by atoms with van der Waals surface area (Å²) in [4.78, 5) is 11.6. The lowest BCUT2D eigenvalue weighted by Crippen LogP contribution is -2.01. The van der Waals surface area contributed by atoms with Gasteiger partial charge in [-0.15, -0.1) is 0 Å². The van der Waals surface area contributed by atoms with Crippen molar-refractivity contribution in [3.63, 3.8) is 0 Å². The fraction of sp³-hybridized carbons (Fsp3) is 0.333. The molecule has 0 aliphatic carbocycles. The Bertz CT molecular complexity index is 430. The van der Waals surface area contributed by atoms with E-state index in [1.54, 1.807) is 0 Å². The largest absolute Gasteiger partial charge is 0.383 e. The normalized spacial score (nSPS) is 11.3. The molecule has 4 nitrogen and oxygen atoms in total. The Kier molecular flexibility index (Phi) is 1.69. The van der Waals surface area contributed by atoms with Crippen LogP contribution in [0.3, 0.4) is 0 Å². The SMILES string of the molecule is CC(C)c1nc(N)c2cc[nH]c2n1. The number of rotatable bonds is 1. The summed E-state index contributed by atoms with van der Waals surface area (Å²) in [6, 6.07) is 1.88. The van der Waals surface area contributed by atoms with Crippen molar-refractivity contribution < 1.29 is 0 Å². The molecule has 0 radical (unpaired) electrons. The van der Waals surface area contributed by atoms with Crippen LogP contribution in [0.2, 0.25) is 0 Å². The number of nitrogens with zero attached hydrogens (tertiary/aromatic N) is 2. The molecular weight excluding hydrogens is 164 g/mol. The molecule has 2 aromatic rings. The number of nitrogens with one attached hydrogen (secondary N) is 1. The highest BCUT2D eigenvalue weighted by molar-refractivity contribution is 5.85. The van der Waals surface area contributed by atoms with Crippen LogP contribution < -0.4 is 5.73 Å². The summed E-state index contributed by atoms with van der Waals surface area (Å²) >= 11 is 0. The summed E-state index contributed by atoms with van der Waals surface area (Å²) in [6.45, 7) is 4.09. The van der Waals surface area contributed by atoms with Crippen LogP contribution in [0.25, 0.3) is 11.0 Å². The molecule has 0 spiro atoms. The van der Waals surface area contributed by atoms with E-state index in [0.717, 1.165) is 16.9 Å². The van der Waals surface area contributed by atoms with Crippen LogP contribution in [0.5, 0.6) is 0 Å². The maximum absolute atomic E-state index is 5.77. The van der Waals surface area contributed by atoms with E-state index in [-0.39, 0.29) is 0 Å². The van der Waals surface area contributed by atoms with Crippen molar-refractivity contribution in [2.24, 2.45) is 0 Å². The maximum Gasteiger partial charge on any atom is 0.143 e.